The summed E-state index contributed by atoms with van der Waals surface area (Å²) in [7, 11) is 0. The SMILES string of the molecule is CC(=N[C@H](C)Cc1cnc[nH]1)c1ccccc1O. The number of phenolic OH excluding ortho intramolecular Hbond substituents is 1. The van der Waals surface area contributed by atoms with E-state index < -0.39 is 0 Å². The second kappa shape index (κ2) is 5.49. The molecular formula is C14H17N3O. The highest BCUT2D eigenvalue weighted by atomic mass is 16.3. The molecule has 2 rings (SSSR count). The van der Waals surface area contributed by atoms with Crippen molar-refractivity contribution in [1.29, 1.82) is 0 Å². The molecule has 18 heavy (non-hydrogen) atoms. The summed E-state index contributed by atoms with van der Waals surface area (Å²) in [4.78, 5) is 11.6. The molecule has 1 aromatic carbocycles. The van der Waals surface area contributed by atoms with Gasteiger partial charge in [0.1, 0.15) is 5.75 Å². The highest BCUT2D eigenvalue weighted by Gasteiger charge is 2.07. The molecule has 0 amide bonds. The van der Waals surface area contributed by atoms with Crippen LogP contribution in [0, 0.1) is 0 Å². The third-order valence-electron chi connectivity index (χ3n) is 2.78. The molecule has 0 saturated heterocycles. The van der Waals surface area contributed by atoms with Crippen molar-refractivity contribution >= 4 is 5.71 Å². The number of para-hydroxylation sites is 1. The van der Waals surface area contributed by atoms with Gasteiger partial charge in [0.25, 0.3) is 0 Å². The Hall–Kier alpha value is -2.10. The Morgan fingerprint density at radius 1 is 1.44 bits per heavy atom. The summed E-state index contributed by atoms with van der Waals surface area (Å²) < 4.78 is 0. The maximum absolute atomic E-state index is 9.75. The van der Waals surface area contributed by atoms with E-state index in [0.29, 0.717) is 0 Å². The number of nitrogens with zero attached hydrogens (tertiary/aromatic N) is 2. The number of aromatic amines is 1. The number of benzene rings is 1. The molecule has 2 N–H and O–H groups in total. The predicted octanol–water partition coefficient (Wildman–Crippen LogP) is 2.56. The number of rotatable bonds is 4. The van der Waals surface area contributed by atoms with Gasteiger partial charge in [0.15, 0.2) is 0 Å². The highest BCUT2D eigenvalue weighted by Crippen LogP contribution is 2.17. The van der Waals surface area contributed by atoms with Gasteiger partial charge in [-0.1, -0.05) is 12.1 Å². The van der Waals surface area contributed by atoms with E-state index in [1.807, 2.05) is 26.0 Å². The third-order valence-corrected chi connectivity index (χ3v) is 2.78. The quantitative estimate of drug-likeness (QED) is 0.811. The van der Waals surface area contributed by atoms with Crippen molar-refractivity contribution in [2.24, 2.45) is 4.99 Å². The summed E-state index contributed by atoms with van der Waals surface area (Å²) >= 11 is 0. The zero-order valence-electron chi connectivity index (χ0n) is 10.6. The van der Waals surface area contributed by atoms with Crippen molar-refractivity contribution in [3.63, 3.8) is 0 Å². The molecule has 0 aliphatic carbocycles. The van der Waals surface area contributed by atoms with Gasteiger partial charge in [0, 0.05) is 29.6 Å². The number of aromatic hydroxyl groups is 1. The van der Waals surface area contributed by atoms with Gasteiger partial charge in [-0.05, 0) is 26.0 Å². The fraction of sp³-hybridized carbons (Fsp3) is 0.286. The van der Waals surface area contributed by atoms with Crippen LogP contribution in [0.2, 0.25) is 0 Å². The maximum atomic E-state index is 9.75. The minimum atomic E-state index is 0.144. The first-order valence-electron chi connectivity index (χ1n) is 5.97. The molecule has 0 aliphatic rings. The molecule has 0 unspecified atom stereocenters. The number of phenols is 1. The summed E-state index contributed by atoms with van der Waals surface area (Å²) in [5.74, 6) is 0.271. The molecule has 2 aromatic rings. The maximum Gasteiger partial charge on any atom is 0.124 e. The topological polar surface area (TPSA) is 61.3 Å². The minimum absolute atomic E-state index is 0.144. The monoisotopic (exact) mass is 243 g/mol. The van der Waals surface area contributed by atoms with Crippen molar-refractivity contribution < 1.29 is 5.11 Å². The van der Waals surface area contributed by atoms with E-state index in [1.165, 1.54) is 0 Å². The number of imidazole rings is 1. The Kier molecular flexibility index (Phi) is 3.77. The molecule has 1 aromatic heterocycles. The van der Waals surface area contributed by atoms with Crippen molar-refractivity contribution in [3.8, 4) is 5.75 Å². The molecule has 0 aliphatic heterocycles. The van der Waals surface area contributed by atoms with Crippen LogP contribution < -0.4 is 0 Å². The average Bonchev–Trinajstić information content (AvgIpc) is 2.82. The van der Waals surface area contributed by atoms with E-state index in [0.717, 1.165) is 23.4 Å². The van der Waals surface area contributed by atoms with Crippen LogP contribution in [0.25, 0.3) is 0 Å². The number of nitrogens with one attached hydrogen (secondary N) is 1. The van der Waals surface area contributed by atoms with Crippen LogP contribution in [0.4, 0.5) is 0 Å². The molecule has 1 heterocycles. The van der Waals surface area contributed by atoms with E-state index in [1.54, 1.807) is 24.7 Å². The summed E-state index contributed by atoms with van der Waals surface area (Å²) in [6.07, 6.45) is 4.29. The highest BCUT2D eigenvalue weighted by molar-refractivity contribution is 6.01. The van der Waals surface area contributed by atoms with E-state index in [-0.39, 0.29) is 11.8 Å². The van der Waals surface area contributed by atoms with Crippen molar-refractivity contribution in [2.45, 2.75) is 26.3 Å². The fourth-order valence-electron chi connectivity index (χ4n) is 1.94. The second-order valence-electron chi connectivity index (χ2n) is 4.36. The van der Waals surface area contributed by atoms with Crippen molar-refractivity contribution in [1.82, 2.24) is 9.97 Å². The van der Waals surface area contributed by atoms with Crippen molar-refractivity contribution in [2.75, 3.05) is 0 Å². The normalized spacial score (nSPS) is 13.6. The van der Waals surface area contributed by atoms with Gasteiger partial charge in [-0.25, -0.2) is 4.98 Å². The van der Waals surface area contributed by atoms with E-state index in [2.05, 4.69) is 15.0 Å². The number of aliphatic imine (C=N–C) groups is 1. The number of hydrogen-bond donors (Lipinski definition) is 2. The lowest BCUT2D eigenvalue weighted by atomic mass is 10.1. The molecule has 1 atom stereocenters. The molecular weight excluding hydrogens is 226 g/mol. The summed E-state index contributed by atoms with van der Waals surface area (Å²) in [6, 6.07) is 7.39. The second-order valence-corrected chi connectivity index (χ2v) is 4.36. The van der Waals surface area contributed by atoms with Gasteiger partial charge in [0.2, 0.25) is 0 Å². The van der Waals surface area contributed by atoms with Crippen molar-refractivity contribution in [3.05, 3.63) is 48.0 Å². The van der Waals surface area contributed by atoms with E-state index in [9.17, 15) is 5.11 Å². The Morgan fingerprint density at radius 3 is 2.89 bits per heavy atom. The Bertz CT molecular complexity index is 532. The lowest BCUT2D eigenvalue weighted by Gasteiger charge is -2.08. The van der Waals surface area contributed by atoms with Gasteiger partial charge >= 0.3 is 0 Å². The fourth-order valence-corrected chi connectivity index (χ4v) is 1.94. The standard InChI is InChI=1S/C14H17N3O/c1-10(7-12-8-15-9-16-12)17-11(2)13-5-3-4-6-14(13)18/h3-6,8-10,18H,7H2,1-2H3,(H,15,16)/t10-/m1/s1. The summed E-state index contributed by atoms with van der Waals surface area (Å²) in [5.41, 5.74) is 2.70. The number of H-pyrrole nitrogens is 1. The van der Waals surface area contributed by atoms with Crippen LogP contribution in [0.15, 0.2) is 41.8 Å². The third kappa shape index (κ3) is 2.97. The molecule has 4 nitrogen and oxygen atoms in total. The molecule has 0 fully saturated rings. The van der Waals surface area contributed by atoms with Gasteiger partial charge in [-0.2, -0.15) is 0 Å². The molecule has 0 radical (unpaired) electrons. The smallest absolute Gasteiger partial charge is 0.124 e. The predicted molar refractivity (Wildman–Crippen MR) is 72.1 cm³/mol. The molecule has 0 spiro atoms. The lowest BCUT2D eigenvalue weighted by molar-refractivity contribution is 0.474. The Labute approximate surface area is 106 Å². The molecule has 0 saturated carbocycles. The van der Waals surface area contributed by atoms with E-state index in [4.69, 9.17) is 0 Å². The Balaban J connectivity index is 2.11. The number of aromatic nitrogens is 2. The van der Waals surface area contributed by atoms with Gasteiger partial charge in [-0.3, -0.25) is 4.99 Å². The van der Waals surface area contributed by atoms with Crippen LogP contribution in [0.3, 0.4) is 0 Å². The minimum Gasteiger partial charge on any atom is -0.507 e. The molecule has 0 bridgehead atoms. The zero-order chi connectivity index (χ0) is 13.0. The van der Waals surface area contributed by atoms with E-state index >= 15 is 0 Å². The number of hydrogen-bond acceptors (Lipinski definition) is 3. The first-order chi connectivity index (χ1) is 8.66. The molecule has 94 valence electrons. The van der Waals surface area contributed by atoms with Crippen LogP contribution in [0.5, 0.6) is 5.75 Å². The van der Waals surface area contributed by atoms with Crippen LogP contribution in [-0.4, -0.2) is 26.8 Å². The largest absolute Gasteiger partial charge is 0.507 e. The lowest BCUT2D eigenvalue weighted by Crippen LogP contribution is -2.07. The first kappa shape index (κ1) is 12.4. The zero-order valence-corrected chi connectivity index (χ0v) is 10.6. The van der Waals surface area contributed by atoms with Crippen LogP contribution in [0.1, 0.15) is 25.1 Å². The first-order valence-corrected chi connectivity index (χ1v) is 5.97. The average molecular weight is 243 g/mol. The van der Waals surface area contributed by atoms with Crippen LogP contribution in [-0.2, 0) is 6.42 Å². The molecule has 4 heteroatoms. The van der Waals surface area contributed by atoms with Gasteiger partial charge in [0.05, 0.1) is 12.4 Å². The summed E-state index contributed by atoms with van der Waals surface area (Å²) in [5, 5.41) is 9.75. The summed E-state index contributed by atoms with van der Waals surface area (Å²) in [6.45, 7) is 3.96. The Morgan fingerprint density at radius 2 is 2.22 bits per heavy atom. The van der Waals surface area contributed by atoms with Gasteiger partial charge in [-0.15, -0.1) is 0 Å². The van der Waals surface area contributed by atoms with Crippen LogP contribution >= 0.6 is 0 Å². The van der Waals surface area contributed by atoms with Gasteiger partial charge < -0.3 is 10.1 Å².